The van der Waals surface area contributed by atoms with E-state index in [0.717, 1.165) is 43.0 Å². The second-order valence-corrected chi connectivity index (χ2v) is 7.04. The monoisotopic (exact) mass is 384 g/mol. The van der Waals surface area contributed by atoms with Gasteiger partial charge in [-0.2, -0.15) is 4.98 Å². The number of aryl methyl sites for hydroxylation is 1. The Morgan fingerprint density at radius 3 is 2.50 bits per heavy atom. The molecule has 148 valence electrons. The molecule has 0 unspecified atom stereocenters. The van der Waals surface area contributed by atoms with Gasteiger partial charge < -0.3 is 14.6 Å². The first-order chi connectivity index (χ1) is 13.5. The Hall–Kier alpha value is -3.07. The van der Waals surface area contributed by atoms with E-state index in [0.29, 0.717) is 17.1 Å². The molecule has 1 saturated heterocycles. The highest BCUT2D eigenvalue weighted by molar-refractivity contribution is 5.73. The fourth-order valence-electron chi connectivity index (χ4n) is 3.66. The van der Waals surface area contributed by atoms with Crippen molar-refractivity contribution < 1.29 is 4.74 Å². The Labute approximate surface area is 161 Å². The summed E-state index contributed by atoms with van der Waals surface area (Å²) < 4.78 is 7.93. The second-order valence-electron chi connectivity index (χ2n) is 7.04. The minimum atomic E-state index is -0.378. The van der Waals surface area contributed by atoms with Crippen molar-refractivity contribution in [2.24, 2.45) is 14.1 Å². The van der Waals surface area contributed by atoms with E-state index in [1.807, 2.05) is 18.2 Å². The van der Waals surface area contributed by atoms with Gasteiger partial charge in [-0.15, -0.1) is 0 Å². The summed E-state index contributed by atoms with van der Waals surface area (Å²) >= 11 is 0. The maximum absolute atomic E-state index is 12.4. The molecule has 4 rings (SSSR count). The molecule has 0 aliphatic carbocycles. The molecule has 0 atom stereocenters. The number of imidazole rings is 1. The van der Waals surface area contributed by atoms with Gasteiger partial charge in [-0.05, 0) is 6.07 Å². The number of methoxy groups -OCH3 is 1. The van der Waals surface area contributed by atoms with Crippen LogP contribution in [0.15, 0.2) is 33.9 Å². The summed E-state index contributed by atoms with van der Waals surface area (Å²) in [5.74, 6) is 1.53. The van der Waals surface area contributed by atoms with Gasteiger partial charge in [0.2, 0.25) is 5.95 Å². The molecule has 0 saturated carbocycles. The molecule has 9 nitrogen and oxygen atoms in total. The first-order valence-corrected chi connectivity index (χ1v) is 9.24. The number of aromatic nitrogens is 4. The van der Waals surface area contributed by atoms with E-state index in [2.05, 4.69) is 25.8 Å². The number of aromatic amines is 1. The molecule has 1 aromatic carbocycles. The first kappa shape index (κ1) is 18.3. The van der Waals surface area contributed by atoms with Gasteiger partial charge in [0.25, 0.3) is 5.56 Å². The van der Waals surface area contributed by atoms with Gasteiger partial charge in [-0.3, -0.25) is 18.8 Å². The molecule has 1 fully saturated rings. The topological polar surface area (TPSA) is 88.4 Å². The molecule has 9 heteroatoms. The van der Waals surface area contributed by atoms with Crippen molar-refractivity contribution in [3.05, 3.63) is 50.7 Å². The quantitative estimate of drug-likeness (QED) is 0.696. The van der Waals surface area contributed by atoms with Crippen molar-refractivity contribution >= 4 is 17.1 Å². The fraction of sp³-hybridized carbons (Fsp3) is 0.421. The van der Waals surface area contributed by atoms with Gasteiger partial charge in [0, 0.05) is 52.4 Å². The molecule has 1 N–H and O–H groups in total. The molecule has 0 amide bonds. The van der Waals surface area contributed by atoms with Crippen LogP contribution >= 0.6 is 0 Å². The summed E-state index contributed by atoms with van der Waals surface area (Å²) in [5, 5.41) is 0. The number of hydrogen-bond donors (Lipinski definition) is 1. The molecular weight excluding hydrogens is 360 g/mol. The Bertz CT molecular complexity index is 1120. The minimum Gasteiger partial charge on any atom is -0.496 e. The Balaban J connectivity index is 1.51. The first-order valence-electron chi connectivity index (χ1n) is 9.24. The predicted octanol–water partition coefficient (Wildman–Crippen LogP) is 0.291. The van der Waals surface area contributed by atoms with Crippen LogP contribution in [-0.2, 0) is 20.6 Å². The van der Waals surface area contributed by atoms with Crippen LogP contribution in [-0.4, -0.2) is 57.3 Å². The Morgan fingerprint density at radius 1 is 1.07 bits per heavy atom. The zero-order valence-electron chi connectivity index (χ0n) is 16.3. The smallest absolute Gasteiger partial charge is 0.332 e. The third-order valence-corrected chi connectivity index (χ3v) is 5.34. The average molecular weight is 384 g/mol. The van der Waals surface area contributed by atoms with Crippen molar-refractivity contribution in [3.8, 4) is 5.75 Å². The minimum absolute atomic E-state index is 0.355. The van der Waals surface area contributed by atoms with Gasteiger partial charge >= 0.3 is 5.69 Å². The molecule has 0 radical (unpaired) electrons. The summed E-state index contributed by atoms with van der Waals surface area (Å²) in [5.41, 5.74) is 1.18. The van der Waals surface area contributed by atoms with Crippen molar-refractivity contribution in [1.29, 1.82) is 0 Å². The molecule has 28 heavy (non-hydrogen) atoms. The number of hydrogen-bond acceptors (Lipinski definition) is 6. The lowest BCUT2D eigenvalue weighted by Crippen LogP contribution is -2.46. The average Bonchev–Trinajstić information content (AvgIpc) is 3.17. The largest absolute Gasteiger partial charge is 0.496 e. The summed E-state index contributed by atoms with van der Waals surface area (Å²) in [4.78, 5) is 36.6. The van der Waals surface area contributed by atoms with E-state index in [1.54, 1.807) is 14.2 Å². The fourth-order valence-corrected chi connectivity index (χ4v) is 3.66. The lowest BCUT2D eigenvalue weighted by molar-refractivity contribution is 0.245. The van der Waals surface area contributed by atoms with E-state index in [4.69, 9.17) is 4.74 Å². The molecule has 1 aliphatic rings. The number of rotatable bonds is 4. The van der Waals surface area contributed by atoms with Crippen molar-refractivity contribution in [3.63, 3.8) is 0 Å². The molecule has 3 heterocycles. The van der Waals surface area contributed by atoms with E-state index < -0.39 is 0 Å². The standard InChI is InChI=1S/C19H24N6O3/c1-22-16-15(17(26)23(2)19(22)27)20-18(21-16)25-10-8-24(9-11-25)12-13-6-4-5-7-14(13)28-3/h4-7H,8-12H2,1-3H3,(H,20,21). The van der Waals surface area contributed by atoms with Crippen LogP contribution in [0.5, 0.6) is 5.75 Å². The van der Waals surface area contributed by atoms with Gasteiger partial charge in [0.15, 0.2) is 11.2 Å². The van der Waals surface area contributed by atoms with E-state index in [1.165, 1.54) is 17.2 Å². The Kier molecular flexibility index (Phi) is 4.68. The van der Waals surface area contributed by atoms with Crippen LogP contribution in [0.4, 0.5) is 5.95 Å². The van der Waals surface area contributed by atoms with Crippen molar-refractivity contribution in [2.45, 2.75) is 6.54 Å². The molecule has 3 aromatic rings. The lowest BCUT2D eigenvalue weighted by Gasteiger charge is -2.34. The molecule has 2 aromatic heterocycles. The number of piperazine rings is 1. The van der Waals surface area contributed by atoms with Gasteiger partial charge in [0.05, 0.1) is 7.11 Å². The summed E-state index contributed by atoms with van der Waals surface area (Å²) in [6.07, 6.45) is 0. The molecule has 0 bridgehead atoms. The van der Waals surface area contributed by atoms with E-state index >= 15 is 0 Å². The van der Waals surface area contributed by atoms with Crippen LogP contribution in [0.25, 0.3) is 11.2 Å². The third-order valence-electron chi connectivity index (χ3n) is 5.34. The van der Waals surface area contributed by atoms with Gasteiger partial charge in [-0.1, -0.05) is 18.2 Å². The Morgan fingerprint density at radius 2 is 1.79 bits per heavy atom. The van der Waals surface area contributed by atoms with Crippen LogP contribution < -0.4 is 20.9 Å². The number of nitrogens with zero attached hydrogens (tertiary/aromatic N) is 5. The normalized spacial score (nSPS) is 15.3. The number of fused-ring (bicyclic) bond motifs is 1. The SMILES string of the molecule is COc1ccccc1CN1CCN(c2nc3c([nH]2)c(=O)n(C)c(=O)n3C)CC1. The highest BCUT2D eigenvalue weighted by Crippen LogP contribution is 2.21. The third kappa shape index (κ3) is 3.07. The van der Waals surface area contributed by atoms with Crippen LogP contribution in [0, 0.1) is 0 Å². The number of para-hydroxylation sites is 1. The zero-order valence-corrected chi connectivity index (χ0v) is 16.3. The maximum atomic E-state index is 12.4. The van der Waals surface area contributed by atoms with Gasteiger partial charge in [-0.25, -0.2) is 4.79 Å². The zero-order chi connectivity index (χ0) is 19.8. The number of H-pyrrole nitrogens is 1. The van der Waals surface area contributed by atoms with Crippen molar-refractivity contribution in [2.75, 3.05) is 38.2 Å². The number of ether oxygens (including phenoxy) is 1. The summed E-state index contributed by atoms with van der Waals surface area (Å²) in [7, 11) is 4.79. The van der Waals surface area contributed by atoms with Crippen molar-refractivity contribution in [1.82, 2.24) is 24.0 Å². The number of benzene rings is 1. The molecule has 1 aliphatic heterocycles. The summed E-state index contributed by atoms with van der Waals surface area (Å²) in [6, 6.07) is 8.05. The highest BCUT2D eigenvalue weighted by Gasteiger charge is 2.22. The summed E-state index contributed by atoms with van der Waals surface area (Å²) in [6.45, 7) is 4.12. The van der Waals surface area contributed by atoms with Crippen LogP contribution in [0.3, 0.4) is 0 Å². The van der Waals surface area contributed by atoms with Gasteiger partial charge in [0.1, 0.15) is 5.75 Å². The number of nitrogens with one attached hydrogen (secondary N) is 1. The number of anilines is 1. The van der Waals surface area contributed by atoms with E-state index in [9.17, 15) is 9.59 Å². The second kappa shape index (κ2) is 7.16. The van der Waals surface area contributed by atoms with Crippen LogP contribution in [0.1, 0.15) is 5.56 Å². The molecular formula is C19H24N6O3. The molecule has 0 spiro atoms. The van der Waals surface area contributed by atoms with E-state index in [-0.39, 0.29) is 11.2 Å². The predicted molar refractivity (Wildman–Crippen MR) is 107 cm³/mol. The maximum Gasteiger partial charge on any atom is 0.332 e. The highest BCUT2D eigenvalue weighted by atomic mass is 16.5. The lowest BCUT2D eigenvalue weighted by atomic mass is 10.1. The van der Waals surface area contributed by atoms with Crippen LogP contribution in [0.2, 0.25) is 0 Å².